The second kappa shape index (κ2) is 34.2. The van der Waals surface area contributed by atoms with Crippen LogP contribution in [-0.2, 0) is 20.1 Å². The van der Waals surface area contributed by atoms with Crippen LogP contribution in [0.4, 0.5) is 9.59 Å². The molecule has 286 valence electrons. The van der Waals surface area contributed by atoms with Crippen LogP contribution in [0.25, 0.3) is 0 Å². The predicted octanol–water partition coefficient (Wildman–Crippen LogP) is 13.2. The van der Waals surface area contributed by atoms with Crippen molar-refractivity contribution in [2.24, 2.45) is 0 Å². The Kier molecular flexibility index (Phi) is 34.2. The number of rotatable bonds is 35. The summed E-state index contributed by atoms with van der Waals surface area (Å²) in [5.41, 5.74) is 0. The second-order valence-corrected chi connectivity index (χ2v) is 33.4. The summed E-state index contributed by atoms with van der Waals surface area (Å²) in [5.74, 6) is 0. The van der Waals surface area contributed by atoms with Crippen molar-refractivity contribution in [3.05, 3.63) is 0 Å². The third-order valence-corrected chi connectivity index (χ3v) is 37.7. The van der Waals surface area contributed by atoms with Gasteiger partial charge in [-0.1, -0.05) is 0 Å². The van der Waals surface area contributed by atoms with E-state index in [1.54, 1.807) is 0 Å². The van der Waals surface area contributed by atoms with E-state index in [2.05, 4.69) is 41.5 Å². The molecule has 0 saturated carbocycles. The van der Waals surface area contributed by atoms with Crippen LogP contribution in [0.5, 0.6) is 0 Å². The quantitative estimate of drug-likeness (QED) is 0.0353. The molecular formula is C38H78O8Sn2. The zero-order chi connectivity index (χ0) is 35.6. The molecule has 0 rings (SSSR count). The van der Waals surface area contributed by atoms with Gasteiger partial charge >= 0.3 is 310 Å². The fourth-order valence-corrected chi connectivity index (χ4v) is 39.8. The SMILES string of the molecule is CCCCCCC[CH2][Sn]([CH2]CCCCCCC)([O]C(=O)OCCCC)[O][Sn]([CH2]CCCCCCC)([O]CCCC)[O]C(=O)OCCCC. The van der Waals surface area contributed by atoms with Gasteiger partial charge in [-0.2, -0.15) is 0 Å². The van der Waals surface area contributed by atoms with Gasteiger partial charge in [-0.3, -0.25) is 0 Å². The number of carbonyl (C=O) groups excluding carboxylic acids is 2. The van der Waals surface area contributed by atoms with Crippen LogP contribution in [0.2, 0.25) is 13.3 Å². The summed E-state index contributed by atoms with van der Waals surface area (Å²) < 4.78 is 40.2. The van der Waals surface area contributed by atoms with Crippen LogP contribution in [-0.4, -0.2) is 71.0 Å². The third-order valence-electron chi connectivity index (χ3n) is 8.76. The molecule has 0 saturated heterocycles. The summed E-state index contributed by atoms with van der Waals surface area (Å²) in [6, 6.07) is 0. The molecule has 8 nitrogen and oxygen atoms in total. The van der Waals surface area contributed by atoms with E-state index in [1.807, 2.05) is 0 Å². The van der Waals surface area contributed by atoms with Crippen molar-refractivity contribution in [1.29, 1.82) is 0 Å². The van der Waals surface area contributed by atoms with Crippen molar-refractivity contribution in [2.45, 2.75) is 209 Å². The molecule has 0 N–H and O–H groups in total. The molecule has 0 aromatic rings. The van der Waals surface area contributed by atoms with Gasteiger partial charge in [0.05, 0.1) is 0 Å². The van der Waals surface area contributed by atoms with Crippen molar-refractivity contribution < 1.29 is 29.7 Å². The molecule has 48 heavy (non-hydrogen) atoms. The van der Waals surface area contributed by atoms with Gasteiger partial charge < -0.3 is 0 Å². The summed E-state index contributed by atoms with van der Waals surface area (Å²) in [6.07, 6.45) is 24.2. The van der Waals surface area contributed by atoms with Crippen LogP contribution in [0.1, 0.15) is 196 Å². The van der Waals surface area contributed by atoms with Crippen LogP contribution < -0.4 is 0 Å². The summed E-state index contributed by atoms with van der Waals surface area (Å²) >= 11 is -8.97. The molecule has 0 aromatic carbocycles. The first-order valence-corrected chi connectivity index (χ1v) is 32.3. The first-order valence-electron chi connectivity index (χ1n) is 20.4. The summed E-state index contributed by atoms with van der Waals surface area (Å²) in [5, 5.41) is 0. The number of carbonyl (C=O) groups is 2. The molecule has 0 heterocycles. The molecule has 1 atom stereocenters. The molecule has 0 fully saturated rings. The normalized spacial score (nSPS) is 12.9. The number of unbranched alkanes of at least 4 members (excludes halogenated alkanes) is 18. The standard InChI is InChI=1S/3C8H17.2C5H10O3.C4H9O.O.2Sn/c3*1-3-5-7-8-6-4-2;2*1-2-3-4-8-5(6)7;1-2-3-4-5;;;/h3*1,3-8H2,2H3;2*2-4H2,1H3,(H,6,7);2-4H2,1H3;;;/q;;;;;-1;;+1;+2/p-2. The second-order valence-electron chi connectivity index (χ2n) is 13.6. The van der Waals surface area contributed by atoms with E-state index in [0.29, 0.717) is 24.3 Å². The third kappa shape index (κ3) is 26.8. The van der Waals surface area contributed by atoms with E-state index < -0.39 is 51.1 Å². The van der Waals surface area contributed by atoms with Gasteiger partial charge in [0.2, 0.25) is 0 Å². The molecule has 0 aliphatic carbocycles. The average Bonchev–Trinajstić information content (AvgIpc) is 3.06. The van der Waals surface area contributed by atoms with Crippen molar-refractivity contribution >= 4 is 51.1 Å². The Morgan fingerprint density at radius 2 is 0.750 bits per heavy atom. The molecule has 0 aliphatic rings. The minimum absolute atomic E-state index is 0.313. The topological polar surface area (TPSA) is 89.5 Å². The number of ether oxygens (including phenoxy) is 2. The summed E-state index contributed by atoms with van der Waals surface area (Å²) in [4.78, 5) is 26.6. The fourth-order valence-electron chi connectivity index (χ4n) is 5.67. The van der Waals surface area contributed by atoms with E-state index in [9.17, 15) is 9.59 Å². The average molecular weight is 900 g/mol. The first-order chi connectivity index (χ1) is 23.4. The zero-order valence-electron chi connectivity index (χ0n) is 32.5. The van der Waals surface area contributed by atoms with Crippen LogP contribution >= 0.6 is 0 Å². The van der Waals surface area contributed by atoms with Crippen molar-refractivity contribution in [2.75, 3.05) is 19.8 Å². The molecular weight excluding hydrogens is 822 g/mol. The molecule has 0 spiro atoms. The van der Waals surface area contributed by atoms with Crippen molar-refractivity contribution in [3.63, 3.8) is 0 Å². The van der Waals surface area contributed by atoms with E-state index >= 15 is 0 Å². The first kappa shape index (κ1) is 48.1. The van der Waals surface area contributed by atoms with E-state index in [0.717, 1.165) is 105 Å². The molecule has 0 radical (unpaired) electrons. The Labute approximate surface area is 307 Å². The van der Waals surface area contributed by atoms with Gasteiger partial charge in [0, 0.05) is 0 Å². The maximum atomic E-state index is 13.4. The van der Waals surface area contributed by atoms with Crippen molar-refractivity contribution in [1.82, 2.24) is 0 Å². The van der Waals surface area contributed by atoms with Gasteiger partial charge in [0.1, 0.15) is 0 Å². The van der Waals surface area contributed by atoms with E-state index in [4.69, 9.17) is 20.1 Å². The van der Waals surface area contributed by atoms with Gasteiger partial charge in [-0.25, -0.2) is 0 Å². The Morgan fingerprint density at radius 3 is 1.19 bits per heavy atom. The molecule has 0 bridgehead atoms. The van der Waals surface area contributed by atoms with Crippen LogP contribution in [0.15, 0.2) is 0 Å². The number of hydrogen-bond acceptors (Lipinski definition) is 8. The molecule has 0 aliphatic heterocycles. The van der Waals surface area contributed by atoms with Crippen LogP contribution in [0, 0.1) is 0 Å². The molecule has 1 unspecified atom stereocenters. The molecule has 0 amide bonds. The molecule has 0 aromatic heterocycles. The van der Waals surface area contributed by atoms with E-state index in [1.165, 1.54) is 57.8 Å². The Morgan fingerprint density at radius 1 is 0.396 bits per heavy atom. The molecule has 10 heteroatoms. The predicted molar refractivity (Wildman–Crippen MR) is 203 cm³/mol. The monoisotopic (exact) mass is 902 g/mol. The Balaban J connectivity index is 6.54. The van der Waals surface area contributed by atoms with Gasteiger partial charge in [0.15, 0.2) is 0 Å². The summed E-state index contributed by atoms with van der Waals surface area (Å²) in [7, 11) is 0. The maximum absolute atomic E-state index is 13.4. The van der Waals surface area contributed by atoms with E-state index in [-0.39, 0.29) is 0 Å². The fraction of sp³-hybridized carbons (Fsp3) is 0.947. The van der Waals surface area contributed by atoms with Gasteiger partial charge in [-0.15, -0.1) is 0 Å². The number of hydrogen-bond donors (Lipinski definition) is 0. The Bertz CT molecular complexity index is 725. The van der Waals surface area contributed by atoms with Crippen LogP contribution in [0.3, 0.4) is 0 Å². The van der Waals surface area contributed by atoms with Crippen molar-refractivity contribution in [3.8, 4) is 0 Å². The Hall–Kier alpha value is 0.0574. The minimum atomic E-state index is -4.66. The zero-order valence-corrected chi connectivity index (χ0v) is 38.2. The van der Waals surface area contributed by atoms with Gasteiger partial charge in [-0.05, 0) is 0 Å². The summed E-state index contributed by atoms with van der Waals surface area (Å²) in [6.45, 7) is 14.1. The van der Waals surface area contributed by atoms with Gasteiger partial charge in [0.25, 0.3) is 0 Å².